The molecule has 1 aliphatic carbocycles. The van der Waals surface area contributed by atoms with E-state index in [1.54, 1.807) is 0 Å². The molecule has 1 unspecified atom stereocenters. The average Bonchev–Trinajstić information content (AvgIpc) is 2.42. The second-order valence-electron chi connectivity index (χ2n) is 6.20. The van der Waals surface area contributed by atoms with Crippen molar-refractivity contribution >= 4 is 5.78 Å². The van der Waals surface area contributed by atoms with E-state index in [0.29, 0.717) is 11.7 Å². The number of rotatable bonds is 9. The second-order valence-corrected chi connectivity index (χ2v) is 6.20. The standard InChI is InChI=1S/C17H32O/c1-3-5-9-15(4-2)14-17(18)13-12-16-10-7-6-8-11-16/h15-16H,3-14H2,1-2H3. The van der Waals surface area contributed by atoms with Crippen molar-refractivity contribution in [1.82, 2.24) is 0 Å². The van der Waals surface area contributed by atoms with Crippen molar-refractivity contribution in [1.29, 1.82) is 0 Å². The van der Waals surface area contributed by atoms with Crippen molar-refractivity contribution in [3.8, 4) is 0 Å². The van der Waals surface area contributed by atoms with Crippen molar-refractivity contribution in [2.75, 3.05) is 0 Å². The van der Waals surface area contributed by atoms with Crippen LogP contribution in [0.4, 0.5) is 0 Å². The number of hydrogen-bond acceptors (Lipinski definition) is 1. The van der Waals surface area contributed by atoms with E-state index in [1.165, 1.54) is 64.2 Å². The second kappa shape index (κ2) is 9.58. The highest BCUT2D eigenvalue weighted by Crippen LogP contribution is 2.28. The van der Waals surface area contributed by atoms with Gasteiger partial charge in [-0.15, -0.1) is 0 Å². The molecule has 0 saturated heterocycles. The van der Waals surface area contributed by atoms with Crippen LogP contribution >= 0.6 is 0 Å². The van der Waals surface area contributed by atoms with E-state index in [9.17, 15) is 4.79 Å². The third-order valence-corrected chi connectivity index (χ3v) is 4.62. The van der Waals surface area contributed by atoms with Crippen LogP contribution in [-0.2, 0) is 4.79 Å². The van der Waals surface area contributed by atoms with Gasteiger partial charge in [0.1, 0.15) is 5.78 Å². The Kier molecular flexibility index (Phi) is 8.37. The van der Waals surface area contributed by atoms with Gasteiger partial charge in [-0.3, -0.25) is 4.79 Å². The molecule has 0 aromatic carbocycles. The zero-order chi connectivity index (χ0) is 13.2. The Bertz CT molecular complexity index is 216. The lowest BCUT2D eigenvalue weighted by Gasteiger charge is -2.21. The molecule has 0 N–H and O–H groups in total. The smallest absolute Gasteiger partial charge is 0.133 e. The highest BCUT2D eigenvalue weighted by molar-refractivity contribution is 5.78. The molecule has 0 bridgehead atoms. The van der Waals surface area contributed by atoms with Crippen molar-refractivity contribution in [2.24, 2.45) is 11.8 Å². The van der Waals surface area contributed by atoms with Crippen LogP contribution in [0, 0.1) is 11.8 Å². The van der Waals surface area contributed by atoms with Crippen molar-refractivity contribution in [3.63, 3.8) is 0 Å². The molecule has 1 atom stereocenters. The molecular weight excluding hydrogens is 220 g/mol. The highest BCUT2D eigenvalue weighted by atomic mass is 16.1. The number of carbonyl (C=O) groups excluding carboxylic acids is 1. The van der Waals surface area contributed by atoms with Crippen LogP contribution in [0.1, 0.15) is 90.9 Å². The van der Waals surface area contributed by atoms with Crippen molar-refractivity contribution in [2.45, 2.75) is 90.9 Å². The minimum atomic E-state index is 0.531. The van der Waals surface area contributed by atoms with Gasteiger partial charge in [0.2, 0.25) is 0 Å². The number of Topliss-reactive ketones (excluding diaryl/α,β-unsaturated/α-hetero) is 1. The molecule has 0 heterocycles. The summed E-state index contributed by atoms with van der Waals surface area (Å²) in [5.74, 6) is 2.05. The predicted octanol–water partition coefficient (Wildman–Crippen LogP) is 5.52. The first-order valence-electron chi connectivity index (χ1n) is 8.27. The van der Waals surface area contributed by atoms with E-state index >= 15 is 0 Å². The zero-order valence-electron chi connectivity index (χ0n) is 12.5. The maximum atomic E-state index is 12.0. The summed E-state index contributed by atoms with van der Waals surface area (Å²) in [6.45, 7) is 4.46. The van der Waals surface area contributed by atoms with Crippen LogP contribution < -0.4 is 0 Å². The third kappa shape index (κ3) is 6.56. The normalized spacial score (nSPS) is 18.8. The molecule has 1 nitrogen and oxygen atoms in total. The summed E-state index contributed by atoms with van der Waals surface area (Å²) in [4.78, 5) is 12.0. The summed E-state index contributed by atoms with van der Waals surface area (Å²) < 4.78 is 0. The number of unbranched alkanes of at least 4 members (excludes halogenated alkanes) is 1. The Morgan fingerprint density at radius 3 is 2.50 bits per heavy atom. The van der Waals surface area contributed by atoms with E-state index in [2.05, 4.69) is 13.8 Å². The van der Waals surface area contributed by atoms with Crippen LogP contribution in [-0.4, -0.2) is 5.78 Å². The Balaban J connectivity index is 2.14. The largest absolute Gasteiger partial charge is 0.300 e. The van der Waals surface area contributed by atoms with Crippen LogP contribution in [0.5, 0.6) is 0 Å². The van der Waals surface area contributed by atoms with E-state index < -0.39 is 0 Å². The minimum Gasteiger partial charge on any atom is -0.300 e. The molecule has 1 fully saturated rings. The quantitative estimate of drug-likeness (QED) is 0.528. The summed E-state index contributed by atoms with van der Waals surface area (Å²) in [6.07, 6.45) is 14.8. The maximum absolute atomic E-state index is 12.0. The summed E-state index contributed by atoms with van der Waals surface area (Å²) in [5.41, 5.74) is 0. The molecule has 0 radical (unpaired) electrons. The van der Waals surface area contributed by atoms with E-state index in [0.717, 1.165) is 18.8 Å². The van der Waals surface area contributed by atoms with Gasteiger partial charge in [-0.05, 0) is 18.3 Å². The highest BCUT2D eigenvalue weighted by Gasteiger charge is 2.16. The predicted molar refractivity (Wildman–Crippen MR) is 78.7 cm³/mol. The molecule has 1 aliphatic rings. The van der Waals surface area contributed by atoms with Crippen LogP contribution in [0.3, 0.4) is 0 Å². The molecule has 1 heteroatoms. The molecule has 0 spiro atoms. The Morgan fingerprint density at radius 1 is 1.17 bits per heavy atom. The SMILES string of the molecule is CCCCC(CC)CC(=O)CCC1CCCCC1. The number of ketones is 1. The van der Waals surface area contributed by atoms with Crippen molar-refractivity contribution in [3.05, 3.63) is 0 Å². The molecule has 18 heavy (non-hydrogen) atoms. The fraction of sp³-hybridized carbons (Fsp3) is 0.941. The first-order valence-corrected chi connectivity index (χ1v) is 8.27. The van der Waals surface area contributed by atoms with Crippen molar-refractivity contribution < 1.29 is 4.79 Å². The summed E-state index contributed by atoms with van der Waals surface area (Å²) in [7, 11) is 0. The Morgan fingerprint density at radius 2 is 1.89 bits per heavy atom. The molecular formula is C17H32O. The molecule has 0 aliphatic heterocycles. The van der Waals surface area contributed by atoms with Gasteiger partial charge in [0.05, 0.1) is 0 Å². The van der Waals surface area contributed by atoms with Crippen LogP contribution in [0.2, 0.25) is 0 Å². The van der Waals surface area contributed by atoms with Gasteiger partial charge in [0.15, 0.2) is 0 Å². The minimum absolute atomic E-state index is 0.531. The average molecular weight is 252 g/mol. The fourth-order valence-electron chi connectivity index (χ4n) is 3.21. The van der Waals surface area contributed by atoms with Gasteiger partial charge in [-0.2, -0.15) is 0 Å². The van der Waals surface area contributed by atoms with Gasteiger partial charge in [0, 0.05) is 12.8 Å². The van der Waals surface area contributed by atoms with Gasteiger partial charge in [0.25, 0.3) is 0 Å². The summed E-state index contributed by atoms with van der Waals surface area (Å²) in [5, 5.41) is 0. The lowest BCUT2D eigenvalue weighted by molar-refractivity contribution is -0.120. The third-order valence-electron chi connectivity index (χ3n) is 4.62. The lowest BCUT2D eigenvalue weighted by Crippen LogP contribution is -2.12. The number of hydrogen-bond donors (Lipinski definition) is 0. The summed E-state index contributed by atoms with van der Waals surface area (Å²) >= 11 is 0. The fourth-order valence-corrected chi connectivity index (χ4v) is 3.21. The zero-order valence-corrected chi connectivity index (χ0v) is 12.5. The van der Waals surface area contributed by atoms with E-state index in [-0.39, 0.29) is 0 Å². The molecule has 1 rings (SSSR count). The molecule has 0 amide bonds. The van der Waals surface area contributed by atoms with E-state index in [4.69, 9.17) is 0 Å². The van der Waals surface area contributed by atoms with Gasteiger partial charge >= 0.3 is 0 Å². The molecule has 0 aromatic rings. The lowest BCUT2D eigenvalue weighted by atomic mass is 9.84. The monoisotopic (exact) mass is 252 g/mol. The molecule has 106 valence electrons. The topological polar surface area (TPSA) is 17.1 Å². The molecule has 1 saturated carbocycles. The summed E-state index contributed by atoms with van der Waals surface area (Å²) in [6, 6.07) is 0. The van der Waals surface area contributed by atoms with Crippen LogP contribution in [0.25, 0.3) is 0 Å². The maximum Gasteiger partial charge on any atom is 0.133 e. The first kappa shape index (κ1) is 15.7. The van der Waals surface area contributed by atoms with Crippen LogP contribution in [0.15, 0.2) is 0 Å². The number of carbonyl (C=O) groups is 1. The molecule has 0 aromatic heterocycles. The van der Waals surface area contributed by atoms with Gasteiger partial charge in [-0.1, -0.05) is 71.6 Å². The van der Waals surface area contributed by atoms with E-state index in [1.807, 2.05) is 0 Å². The first-order chi connectivity index (χ1) is 8.76. The van der Waals surface area contributed by atoms with Gasteiger partial charge in [-0.25, -0.2) is 0 Å². The van der Waals surface area contributed by atoms with Gasteiger partial charge < -0.3 is 0 Å². The Hall–Kier alpha value is -0.330. The Labute approximate surface area is 114 Å².